The molecule has 10 heteroatoms. The smallest absolute Gasteiger partial charge is 0.339 e. The topological polar surface area (TPSA) is 130 Å². The van der Waals surface area contributed by atoms with E-state index in [1.165, 1.54) is 24.3 Å². The molecule has 0 bridgehead atoms. The maximum atomic E-state index is 12.0. The Morgan fingerprint density at radius 2 is 1.55 bits per heavy atom. The van der Waals surface area contributed by atoms with Crippen LogP contribution >= 0.6 is 0 Å². The minimum Gasteiger partial charge on any atom is -0.372 e. The number of rotatable bonds is 5. The average Bonchev–Trinajstić information content (AvgIpc) is 2.47. The van der Waals surface area contributed by atoms with Gasteiger partial charge in [-0.1, -0.05) is 18.2 Å². The highest BCUT2D eigenvalue weighted by atomic mass is 32.2. The Labute approximate surface area is 124 Å². The zero-order valence-electron chi connectivity index (χ0n) is 10.8. The normalized spacial score (nSPS) is 10.9. The van der Waals surface area contributed by atoms with Crippen LogP contribution in [0.5, 0.6) is 5.75 Å². The zero-order valence-corrected chi connectivity index (χ0v) is 11.6. The van der Waals surface area contributed by atoms with Crippen LogP contribution in [-0.4, -0.2) is 18.3 Å². The van der Waals surface area contributed by atoms with E-state index >= 15 is 0 Å². The lowest BCUT2D eigenvalue weighted by molar-refractivity contribution is -0.394. The standard InChI is InChI=1S/C12H8N2O7S/c15-13(16)9-6-7-12(11(8-9)14(17)18)21-22(19,20)10-4-2-1-3-5-10/h1-8H. The van der Waals surface area contributed by atoms with E-state index in [4.69, 9.17) is 4.18 Å². The quantitative estimate of drug-likeness (QED) is 0.468. The first-order valence-electron chi connectivity index (χ1n) is 5.73. The lowest BCUT2D eigenvalue weighted by Crippen LogP contribution is -2.10. The van der Waals surface area contributed by atoms with Crippen molar-refractivity contribution < 1.29 is 22.4 Å². The fourth-order valence-electron chi connectivity index (χ4n) is 1.59. The van der Waals surface area contributed by atoms with Crippen molar-refractivity contribution >= 4 is 21.5 Å². The van der Waals surface area contributed by atoms with Crippen LogP contribution in [0.3, 0.4) is 0 Å². The molecule has 0 aliphatic heterocycles. The first-order valence-corrected chi connectivity index (χ1v) is 7.14. The first-order chi connectivity index (χ1) is 10.3. The molecule has 9 nitrogen and oxygen atoms in total. The van der Waals surface area contributed by atoms with Crippen molar-refractivity contribution in [3.8, 4) is 5.75 Å². The fourth-order valence-corrected chi connectivity index (χ4v) is 2.55. The summed E-state index contributed by atoms with van der Waals surface area (Å²) in [4.78, 5) is 19.6. The predicted molar refractivity (Wildman–Crippen MR) is 74.0 cm³/mol. The Morgan fingerprint density at radius 1 is 0.909 bits per heavy atom. The van der Waals surface area contributed by atoms with Crippen LogP contribution in [0.2, 0.25) is 0 Å². The first kappa shape index (κ1) is 15.4. The second-order valence-corrected chi connectivity index (χ2v) is 5.56. The van der Waals surface area contributed by atoms with Gasteiger partial charge in [-0.25, -0.2) is 0 Å². The molecule has 0 fully saturated rings. The molecule has 2 aromatic rings. The molecule has 0 N–H and O–H groups in total. The molecular formula is C12H8N2O7S. The van der Waals surface area contributed by atoms with Crippen molar-refractivity contribution in [1.82, 2.24) is 0 Å². The summed E-state index contributed by atoms with van der Waals surface area (Å²) >= 11 is 0. The SMILES string of the molecule is O=[N+]([O-])c1ccc(OS(=O)(=O)c2ccccc2)c([N+](=O)[O-])c1. The maximum absolute atomic E-state index is 12.0. The van der Waals surface area contributed by atoms with Gasteiger partial charge in [-0.15, -0.1) is 0 Å². The second kappa shape index (κ2) is 5.77. The molecule has 22 heavy (non-hydrogen) atoms. The van der Waals surface area contributed by atoms with Crippen LogP contribution in [0.25, 0.3) is 0 Å². The highest BCUT2D eigenvalue weighted by Gasteiger charge is 2.25. The molecule has 0 radical (unpaired) electrons. The summed E-state index contributed by atoms with van der Waals surface area (Å²) in [6.07, 6.45) is 0. The highest BCUT2D eigenvalue weighted by molar-refractivity contribution is 7.87. The second-order valence-electron chi connectivity index (χ2n) is 4.02. The van der Waals surface area contributed by atoms with Crippen molar-refractivity contribution in [2.24, 2.45) is 0 Å². The highest BCUT2D eigenvalue weighted by Crippen LogP contribution is 2.32. The van der Waals surface area contributed by atoms with Crippen molar-refractivity contribution in [2.45, 2.75) is 4.90 Å². The molecule has 0 aliphatic rings. The predicted octanol–water partition coefficient (Wildman–Crippen LogP) is 2.27. The zero-order chi connectivity index (χ0) is 16.3. The van der Waals surface area contributed by atoms with Crippen molar-refractivity contribution in [3.63, 3.8) is 0 Å². The minimum atomic E-state index is -4.28. The van der Waals surface area contributed by atoms with E-state index in [0.29, 0.717) is 6.07 Å². The largest absolute Gasteiger partial charge is 0.372 e. The summed E-state index contributed by atoms with van der Waals surface area (Å²) in [5, 5.41) is 21.5. The lowest BCUT2D eigenvalue weighted by Gasteiger charge is -2.07. The van der Waals surface area contributed by atoms with Crippen LogP contribution in [0.1, 0.15) is 0 Å². The van der Waals surface area contributed by atoms with Gasteiger partial charge in [0.05, 0.1) is 15.9 Å². The van der Waals surface area contributed by atoms with Crippen LogP contribution in [0.4, 0.5) is 11.4 Å². The molecule has 0 atom stereocenters. The van der Waals surface area contributed by atoms with Crippen LogP contribution < -0.4 is 4.18 Å². The van der Waals surface area contributed by atoms with Crippen LogP contribution in [-0.2, 0) is 10.1 Å². The number of benzene rings is 2. The number of non-ortho nitro benzene ring substituents is 1. The molecule has 0 amide bonds. The molecule has 0 aromatic heterocycles. The van der Waals surface area contributed by atoms with E-state index in [1.54, 1.807) is 6.07 Å². The number of nitrogens with zero attached hydrogens (tertiary/aromatic N) is 2. The third kappa shape index (κ3) is 3.17. The van der Waals surface area contributed by atoms with Gasteiger partial charge in [-0.2, -0.15) is 8.42 Å². The third-order valence-electron chi connectivity index (χ3n) is 2.58. The van der Waals surface area contributed by atoms with E-state index in [9.17, 15) is 28.6 Å². The Balaban J connectivity index is 2.45. The van der Waals surface area contributed by atoms with Gasteiger partial charge in [0, 0.05) is 6.07 Å². The van der Waals surface area contributed by atoms with Gasteiger partial charge in [0.1, 0.15) is 4.90 Å². The van der Waals surface area contributed by atoms with Gasteiger partial charge in [0.15, 0.2) is 0 Å². The molecule has 0 saturated heterocycles. The number of nitro groups is 2. The van der Waals surface area contributed by atoms with Gasteiger partial charge in [0.2, 0.25) is 5.75 Å². The van der Waals surface area contributed by atoms with Crippen molar-refractivity contribution in [3.05, 3.63) is 68.8 Å². The molecule has 2 aromatic carbocycles. The van der Waals surface area contributed by atoms with E-state index in [1.807, 2.05) is 0 Å². The summed E-state index contributed by atoms with van der Waals surface area (Å²) in [6, 6.07) is 9.45. The maximum Gasteiger partial charge on any atom is 0.339 e. The molecule has 0 spiro atoms. The minimum absolute atomic E-state index is 0.192. The van der Waals surface area contributed by atoms with Crippen LogP contribution in [0, 0.1) is 20.2 Å². The van der Waals surface area contributed by atoms with Gasteiger partial charge >= 0.3 is 15.8 Å². The Hall–Kier alpha value is -3.01. The molecular weight excluding hydrogens is 316 g/mol. The van der Waals surface area contributed by atoms with Crippen LogP contribution in [0.15, 0.2) is 53.4 Å². The Morgan fingerprint density at radius 3 is 2.09 bits per heavy atom. The molecule has 0 saturated carbocycles. The van der Waals surface area contributed by atoms with E-state index < -0.39 is 37.1 Å². The van der Waals surface area contributed by atoms with Crippen molar-refractivity contribution in [2.75, 3.05) is 0 Å². The molecule has 0 aliphatic carbocycles. The number of hydrogen-bond acceptors (Lipinski definition) is 7. The molecule has 0 unspecified atom stereocenters. The lowest BCUT2D eigenvalue weighted by atomic mass is 10.2. The van der Waals surface area contributed by atoms with E-state index in [0.717, 1.165) is 12.1 Å². The summed E-state index contributed by atoms with van der Waals surface area (Å²) in [5.74, 6) is -0.598. The summed E-state index contributed by atoms with van der Waals surface area (Å²) < 4.78 is 28.8. The summed E-state index contributed by atoms with van der Waals surface area (Å²) in [7, 11) is -4.28. The monoisotopic (exact) mass is 324 g/mol. The fraction of sp³-hybridized carbons (Fsp3) is 0. The van der Waals surface area contributed by atoms with Gasteiger partial charge < -0.3 is 4.18 Å². The molecule has 114 valence electrons. The van der Waals surface area contributed by atoms with Gasteiger partial charge in [-0.05, 0) is 18.2 Å². The molecule has 0 heterocycles. The Bertz CT molecular complexity index is 834. The number of nitro benzene ring substituents is 2. The van der Waals surface area contributed by atoms with E-state index in [-0.39, 0.29) is 4.90 Å². The van der Waals surface area contributed by atoms with Gasteiger partial charge in [0.25, 0.3) is 5.69 Å². The third-order valence-corrected chi connectivity index (χ3v) is 3.83. The Kier molecular flexibility index (Phi) is 4.04. The summed E-state index contributed by atoms with van der Waals surface area (Å²) in [6.45, 7) is 0. The summed E-state index contributed by atoms with van der Waals surface area (Å²) in [5.41, 5.74) is -1.36. The van der Waals surface area contributed by atoms with Gasteiger partial charge in [-0.3, -0.25) is 20.2 Å². The van der Waals surface area contributed by atoms with Crippen molar-refractivity contribution in [1.29, 1.82) is 0 Å². The molecule has 2 rings (SSSR count). The average molecular weight is 324 g/mol. The number of hydrogen-bond donors (Lipinski definition) is 0. The van der Waals surface area contributed by atoms with E-state index in [2.05, 4.69) is 0 Å².